The highest BCUT2D eigenvalue weighted by Crippen LogP contribution is 2.38. The third-order valence-electron chi connectivity index (χ3n) is 3.76. The molecule has 5 heteroatoms. The van der Waals surface area contributed by atoms with Gasteiger partial charge in [0.2, 0.25) is 0 Å². The summed E-state index contributed by atoms with van der Waals surface area (Å²) in [5, 5.41) is 17.6. The lowest BCUT2D eigenvalue weighted by molar-refractivity contribution is -0.142. The molecule has 0 amide bonds. The molecule has 1 saturated carbocycles. The average molecular weight is 245 g/mol. The minimum absolute atomic E-state index is 0.0137. The first-order chi connectivity index (χ1) is 8.66. The molecule has 1 fully saturated rings. The summed E-state index contributed by atoms with van der Waals surface area (Å²) in [6.07, 6.45) is 4.49. The molecular weight excluding hydrogens is 230 g/mol. The summed E-state index contributed by atoms with van der Waals surface area (Å²) in [6.45, 7) is 2.00. The van der Waals surface area contributed by atoms with Crippen LogP contribution in [0.25, 0.3) is 5.65 Å². The first-order valence-corrected chi connectivity index (χ1v) is 6.21. The van der Waals surface area contributed by atoms with E-state index in [4.69, 9.17) is 0 Å². The number of hydrogen-bond donors (Lipinski definition) is 1. The topological polar surface area (TPSA) is 67.5 Å². The maximum atomic E-state index is 11.2. The first-order valence-electron chi connectivity index (χ1n) is 6.21. The van der Waals surface area contributed by atoms with E-state index in [9.17, 15) is 9.90 Å². The maximum absolute atomic E-state index is 11.2. The van der Waals surface area contributed by atoms with Crippen molar-refractivity contribution in [1.29, 1.82) is 0 Å². The minimum atomic E-state index is -0.721. The van der Waals surface area contributed by atoms with Crippen LogP contribution in [-0.2, 0) is 4.79 Å². The summed E-state index contributed by atoms with van der Waals surface area (Å²) in [6, 6.07) is 3.95. The summed E-state index contributed by atoms with van der Waals surface area (Å²) in [5.41, 5.74) is 1.92. The van der Waals surface area contributed by atoms with Crippen molar-refractivity contribution in [3.8, 4) is 0 Å². The molecule has 2 atom stereocenters. The number of nitrogens with zero attached hydrogens (tertiary/aromatic N) is 3. The molecule has 2 heterocycles. The number of aryl methyl sites for hydroxylation is 1. The third kappa shape index (κ3) is 1.66. The highest BCUT2D eigenvalue weighted by molar-refractivity contribution is 5.71. The Hall–Kier alpha value is -1.91. The number of carboxylic acid groups (broad SMARTS) is 1. The number of carbonyl (C=O) groups is 1. The molecule has 2 aromatic rings. The molecule has 18 heavy (non-hydrogen) atoms. The van der Waals surface area contributed by atoms with Crippen molar-refractivity contribution >= 4 is 11.6 Å². The predicted octanol–water partition coefficient (Wildman–Crippen LogP) is 2.01. The second-order valence-corrected chi connectivity index (χ2v) is 4.97. The smallest absolute Gasteiger partial charge is 0.307 e. The number of carboxylic acids is 1. The van der Waals surface area contributed by atoms with Gasteiger partial charge in [-0.05, 0) is 37.5 Å². The lowest BCUT2D eigenvalue weighted by atomic mass is 9.95. The summed E-state index contributed by atoms with van der Waals surface area (Å²) >= 11 is 0. The summed E-state index contributed by atoms with van der Waals surface area (Å²) in [7, 11) is 0. The number of hydrogen-bond acceptors (Lipinski definition) is 3. The molecule has 1 N–H and O–H groups in total. The molecular formula is C13H15N3O2. The van der Waals surface area contributed by atoms with Gasteiger partial charge < -0.3 is 5.11 Å². The quantitative estimate of drug-likeness (QED) is 0.878. The zero-order valence-electron chi connectivity index (χ0n) is 10.2. The normalized spacial score (nSPS) is 23.6. The van der Waals surface area contributed by atoms with Gasteiger partial charge in [0.25, 0.3) is 0 Å². The van der Waals surface area contributed by atoms with Crippen molar-refractivity contribution in [3.05, 3.63) is 29.7 Å². The molecule has 94 valence electrons. The Morgan fingerprint density at radius 1 is 1.44 bits per heavy atom. The molecule has 0 aromatic carbocycles. The Bertz CT molecular complexity index is 605. The van der Waals surface area contributed by atoms with Crippen molar-refractivity contribution in [2.45, 2.75) is 32.1 Å². The lowest BCUT2D eigenvalue weighted by Gasteiger charge is -2.13. The average Bonchev–Trinajstić information content (AvgIpc) is 2.92. The highest BCUT2D eigenvalue weighted by atomic mass is 16.4. The molecule has 0 saturated heterocycles. The number of aromatic nitrogens is 3. The second-order valence-electron chi connectivity index (χ2n) is 4.97. The van der Waals surface area contributed by atoms with Crippen LogP contribution in [0.4, 0.5) is 0 Å². The van der Waals surface area contributed by atoms with Crippen molar-refractivity contribution < 1.29 is 9.90 Å². The predicted molar refractivity (Wildman–Crippen MR) is 65.4 cm³/mol. The van der Waals surface area contributed by atoms with Crippen LogP contribution in [0.1, 0.15) is 36.6 Å². The summed E-state index contributed by atoms with van der Waals surface area (Å²) in [5.74, 6) is -0.268. The van der Waals surface area contributed by atoms with Crippen LogP contribution >= 0.6 is 0 Å². The fourth-order valence-corrected chi connectivity index (χ4v) is 2.83. The molecule has 3 rings (SSSR count). The van der Waals surface area contributed by atoms with Gasteiger partial charge in [-0.3, -0.25) is 9.20 Å². The van der Waals surface area contributed by atoms with E-state index in [0.717, 1.165) is 36.3 Å². The fraction of sp³-hybridized carbons (Fsp3) is 0.462. The van der Waals surface area contributed by atoms with Crippen LogP contribution in [-0.4, -0.2) is 25.7 Å². The van der Waals surface area contributed by atoms with E-state index in [1.54, 1.807) is 0 Å². The van der Waals surface area contributed by atoms with Gasteiger partial charge in [0.1, 0.15) is 5.82 Å². The molecule has 0 aliphatic heterocycles. The van der Waals surface area contributed by atoms with E-state index in [1.807, 2.05) is 29.7 Å². The van der Waals surface area contributed by atoms with Gasteiger partial charge >= 0.3 is 5.97 Å². The second kappa shape index (κ2) is 4.08. The van der Waals surface area contributed by atoms with E-state index in [1.165, 1.54) is 0 Å². The SMILES string of the molecule is Cc1ccn2c(C3CCCC3C(=O)O)nnc2c1. The molecule has 0 radical (unpaired) electrons. The van der Waals surface area contributed by atoms with Crippen molar-refractivity contribution in [3.63, 3.8) is 0 Å². The Kier molecular flexibility index (Phi) is 2.54. The van der Waals surface area contributed by atoms with Crippen LogP contribution in [0.15, 0.2) is 18.3 Å². The molecule has 2 unspecified atom stereocenters. The summed E-state index contributed by atoms with van der Waals surface area (Å²) in [4.78, 5) is 11.2. The Labute approximate surface area is 104 Å². The van der Waals surface area contributed by atoms with Crippen molar-refractivity contribution in [2.24, 2.45) is 5.92 Å². The molecule has 5 nitrogen and oxygen atoms in total. The number of rotatable bonds is 2. The van der Waals surface area contributed by atoms with Crippen LogP contribution in [0.2, 0.25) is 0 Å². The Morgan fingerprint density at radius 2 is 2.28 bits per heavy atom. The van der Waals surface area contributed by atoms with E-state index in [0.29, 0.717) is 0 Å². The van der Waals surface area contributed by atoms with Gasteiger partial charge in [-0.25, -0.2) is 0 Å². The van der Waals surface area contributed by atoms with Gasteiger partial charge in [0.15, 0.2) is 5.65 Å². The number of aliphatic carboxylic acids is 1. The first kappa shape index (κ1) is 11.2. The van der Waals surface area contributed by atoms with Crippen molar-refractivity contribution in [1.82, 2.24) is 14.6 Å². The van der Waals surface area contributed by atoms with Gasteiger partial charge in [-0.2, -0.15) is 0 Å². The zero-order valence-corrected chi connectivity index (χ0v) is 10.2. The van der Waals surface area contributed by atoms with Crippen LogP contribution in [0, 0.1) is 12.8 Å². The number of fused-ring (bicyclic) bond motifs is 1. The van der Waals surface area contributed by atoms with Crippen LogP contribution in [0.5, 0.6) is 0 Å². The highest BCUT2D eigenvalue weighted by Gasteiger charge is 2.36. The largest absolute Gasteiger partial charge is 0.481 e. The van der Waals surface area contributed by atoms with Gasteiger partial charge in [-0.15, -0.1) is 10.2 Å². The van der Waals surface area contributed by atoms with Gasteiger partial charge in [0, 0.05) is 12.1 Å². The lowest BCUT2D eigenvalue weighted by Crippen LogP contribution is -2.18. The van der Waals surface area contributed by atoms with Crippen molar-refractivity contribution in [2.75, 3.05) is 0 Å². The van der Waals surface area contributed by atoms with E-state index < -0.39 is 5.97 Å². The standard InChI is InChI=1S/C13H15N3O2/c1-8-5-6-16-11(7-8)14-15-12(16)9-3-2-4-10(9)13(17)18/h5-7,9-10H,2-4H2,1H3,(H,17,18). The molecule has 1 aliphatic rings. The summed E-state index contributed by atoms with van der Waals surface area (Å²) < 4.78 is 1.92. The minimum Gasteiger partial charge on any atom is -0.481 e. The molecule has 0 bridgehead atoms. The zero-order chi connectivity index (χ0) is 12.7. The molecule has 2 aromatic heterocycles. The van der Waals surface area contributed by atoms with Gasteiger partial charge in [-0.1, -0.05) is 6.42 Å². The fourth-order valence-electron chi connectivity index (χ4n) is 2.83. The van der Waals surface area contributed by atoms with Crippen LogP contribution < -0.4 is 0 Å². The third-order valence-corrected chi connectivity index (χ3v) is 3.76. The molecule has 1 aliphatic carbocycles. The van der Waals surface area contributed by atoms with E-state index in [-0.39, 0.29) is 11.8 Å². The van der Waals surface area contributed by atoms with E-state index >= 15 is 0 Å². The maximum Gasteiger partial charge on any atom is 0.307 e. The Morgan fingerprint density at radius 3 is 3.06 bits per heavy atom. The van der Waals surface area contributed by atoms with Gasteiger partial charge in [0.05, 0.1) is 5.92 Å². The Balaban J connectivity index is 2.06. The van der Waals surface area contributed by atoms with E-state index in [2.05, 4.69) is 10.2 Å². The van der Waals surface area contributed by atoms with Crippen LogP contribution in [0.3, 0.4) is 0 Å². The monoisotopic (exact) mass is 245 g/mol. The number of pyridine rings is 1. The molecule has 0 spiro atoms.